The molecule has 0 aliphatic rings. The lowest BCUT2D eigenvalue weighted by atomic mass is 10.2. The maximum absolute atomic E-state index is 14.1. The lowest BCUT2D eigenvalue weighted by molar-refractivity contribution is -0.122. The molecule has 0 aliphatic carbocycles. The normalized spacial score (nSPS) is 11.3. The number of carbonyl (C=O) groups is 1. The number of nitrogens with zero attached hydrogens (tertiary/aromatic N) is 6. The molecule has 5 aromatic rings. The van der Waals surface area contributed by atoms with Crippen LogP contribution in [0.1, 0.15) is 11.1 Å². The lowest BCUT2D eigenvalue weighted by Gasteiger charge is -2.06. The number of rotatable bonds is 7. The van der Waals surface area contributed by atoms with Crippen LogP contribution in [0.25, 0.3) is 22.3 Å². The predicted molar refractivity (Wildman–Crippen MR) is 126 cm³/mol. The monoisotopic (exact) mass is 453 g/mol. The highest BCUT2D eigenvalue weighted by molar-refractivity contribution is 5.99. The molecular weight excluding hydrogens is 433 g/mol. The summed E-state index contributed by atoms with van der Waals surface area (Å²) in [5.74, 6) is -0.192. The van der Waals surface area contributed by atoms with E-state index in [9.17, 15) is 9.18 Å². The summed E-state index contributed by atoms with van der Waals surface area (Å²) in [5.41, 5.74) is 5.65. The van der Waals surface area contributed by atoms with Gasteiger partial charge in [-0.2, -0.15) is 9.90 Å². The molecule has 0 saturated carbocycles. The van der Waals surface area contributed by atoms with Gasteiger partial charge in [-0.1, -0.05) is 66.7 Å². The highest BCUT2D eigenvalue weighted by Crippen LogP contribution is 2.22. The number of hydrogen-bond acceptors (Lipinski definition) is 5. The van der Waals surface area contributed by atoms with Crippen molar-refractivity contribution in [1.82, 2.24) is 30.2 Å². The summed E-state index contributed by atoms with van der Waals surface area (Å²) in [7, 11) is 0. The molecule has 9 heteroatoms. The second-order valence-electron chi connectivity index (χ2n) is 7.62. The van der Waals surface area contributed by atoms with Crippen molar-refractivity contribution in [2.45, 2.75) is 13.1 Å². The van der Waals surface area contributed by atoms with Crippen LogP contribution in [0.15, 0.2) is 90.2 Å². The van der Waals surface area contributed by atoms with E-state index in [0.717, 1.165) is 22.0 Å². The van der Waals surface area contributed by atoms with Gasteiger partial charge in [-0.15, -0.1) is 10.2 Å². The Morgan fingerprint density at radius 2 is 1.76 bits per heavy atom. The highest BCUT2D eigenvalue weighted by atomic mass is 19.1. The smallest absolute Gasteiger partial charge is 0.263 e. The molecule has 8 nitrogen and oxygen atoms in total. The molecule has 0 bridgehead atoms. The van der Waals surface area contributed by atoms with Crippen molar-refractivity contribution in [3.05, 3.63) is 102 Å². The van der Waals surface area contributed by atoms with Crippen LogP contribution in [0.2, 0.25) is 0 Å². The Labute approximate surface area is 194 Å². The van der Waals surface area contributed by atoms with Gasteiger partial charge in [-0.3, -0.25) is 4.79 Å². The van der Waals surface area contributed by atoms with Crippen LogP contribution < -0.4 is 5.43 Å². The van der Waals surface area contributed by atoms with Crippen LogP contribution in [-0.2, 0) is 17.9 Å². The first-order valence-corrected chi connectivity index (χ1v) is 10.6. The molecule has 0 aliphatic heterocycles. The van der Waals surface area contributed by atoms with Gasteiger partial charge >= 0.3 is 0 Å². The zero-order chi connectivity index (χ0) is 23.3. The van der Waals surface area contributed by atoms with Crippen LogP contribution in [-0.4, -0.2) is 36.9 Å². The van der Waals surface area contributed by atoms with Crippen molar-refractivity contribution in [1.29, 1.82) is 0 Å². The number of tetrazole rings is 1. The number of carbonyl (C=O) groups excluding carboxylic acids is 1. The quantitative estimate of drug-likeness (QED) is 0.301. The molecule has 168 valence electrons. The summed E-state index contributed by atoms with van der Waals surface area (Å²) in [5, 5.41) is 17.2. The molecule has 0 saturated heterocycles. The fourth-order valence-corrected chi connectivity index (χ4v) is 3.67. The molecule has 0 unspecified atom stereocenters. The molecule has 1 N–H and O–H groups in total. The van der Waals surface area contributed by atoms with Crippen LogP contribution in [0.3, 0.4) is 0 Å². The topological polar surface area (TPSA) is 90.0 Å². The summed E-state index contributed by atoms with van der Waals surface area (Å²) in [6.07, 6.45) is 3.46. The first-order valence-electron chi connectivity index (χ1n) is 10.6. The number of hydrazone groups is 1. The second-order valence-corrected chi connectivity index (χ2v) is 7.62. The molecule has 2 heterocycles. The van der Waals surface area contributed by atoms with E-state index in [1.54, 1.807) is 18.3 Å². The Morgan fingerprint density at radius 1 is 1.00 bits per heavy atom. The van der Waals surface area contributed by atoms with E-state index in [4.69, 9.17) is 0 Å². The van der Waals surface area contributed by atoms with Gasteiger partial charge in [0.25, 0.3) is 5.91 Å². The minimum atomic E-state index is -0.386. The first-order chi connectivity index (χ1) is 16.7. The SMILES string of the molecule is O=C(Cn1nnc(-c2ccccc2)n1)N/N=C\c1cn(Cc2ccccc2F)c2ccccc12. The average molecular weight is 453 g/mol. The van der Waals surface area contributed by atoms with E-state index < -0.39 is 0 Å². The molecule has 0 fully saturated rings. The first kappa shape index (κ1) is 21.2. The van der Waals surface area contributed by atoms with Crippen LogP contribution in [0, 0.1) is 5.82 Å². The Balaban J connectivity index is 1.28. The van der Waals surface area contributed by atoms with Gasteiger partial charge in [0, 0.05) is 33.8 Å². The Bertz CT molecular complexity index is 1470. The van der Waals surface area contributed by atoms with Crippen molar-refractivity contribution in [2.24, 2.45) is 5.10 Å². The molecule has 2 aromatic heterocycles. The van der Waals surface area contributed by atoms with Crippen molar-refractivity contribution < 1.29 is 9.18 Å². The van der Waals surface area contributed by atoms with E-state index >= 15 is 0 Å². The zero-order valence-electron chi connectivity index (χ0n) is 18.0. The maximum atomic E-state index is 14.1. The van der Waals surface area contributed by atoms with Crippen molar-refractivity contribution in [3.63, 3.8) is 0 Å². The number of amides is 1. The Hall–Kier alpha value is -4.66. The largest absolute Gasteiger partial charge is 0.342 e. The number of halogens is 1. The number of hydrogen-bond donors (Lipinski definition) is 1. The molecule has 34 heavy (non-hydrogen) atoms. The van der Waals surface area contributed by atoms with E-state index in [0.29, 0.717) is 17.9 Å². The number of aromatic nitrogens is 5. The highest BCUT2D eigenvalue weighted by Gasteiger charge is 2.11. The van der Waals surface area contributed by atoms with Gasteiger partial charge in [-0.05, 0) is 17.3 Å². The average Bonchev–Trinajstić information content (AvgIpc) is 3.46. The molecule has 0 spiro atoms. The van der Waals surface area contributed by atoms with E-state index in [1.807, 2.05) is 71.4 Å². The third-order valence-electron chi connectivity index (χ3n) is 5.28. The third-order valence-corrected chi connectivity index (χ3v) is 5.28. The lowest BCUT2D eigenvalue weighted by Crippen LogP contribution is -2.24. The Kier molecular flexibility index (Phi) is 5.89. The van der Waals surface area contributed by atoms with Crippen molar-refractivity contribution >= 4 is 23.0 Å². The number of nitrogens with one attached hydrogen (secondary N) is 1. The molecule has 5 rings (SSSR count). The van der Waals surface area contributed by atoms with E-state index in [2.05, 4.69) is 25.9 Å². The minimum absolute atomic E-state index is 0.119. The number of para-hydroxylation sites is 1. The van der Waals surface area contributed by atoms with Crippen molar-refractivity contribution in [2.75, 3.05) is 0 Å². The fourth-order valence-electron chi connectivity index (χ4n) is 3.67. The minimum Gasteiger partial charge on any atom is -0.342 e. The summed E-state index contributed by atoms with van der Waals surface area (Å²) in [4.78, 5) is 13.5. The summed E-state index contributed by atoms with van der Waals surface area (Å²) in [6.45, 7) is 0.265. The van der Waals surface area contributed by atoms with Crippen molar-refractivity contribution in [3.8, 4) is 11.4 Å². The molecule has 0 atom stereocenters. The van der Waals surface area contributed by atoms with Crippen LogP contribution >= 0.6 is 0 Å². The standard InChI is InChI=1S/C25H20FN7O/c26-22-12-6-4-10-19(22)15-32-16-20(21-11-5-7-13-23(21)32)14-27-28-24(34)17-33-30-25(29-31-33)18-8-2-1-3-9-18/h1-14,16H,15,17H2,(H,28,34)/b27-14-. The zero-order valence-corrected chi connectivity index (χ0v) is 18.0. The summed E-state index contributed by atoms with van der Waals surface area (Å²) in [6, 6.07) is 23.9. The van der Waals surface area contributed by atoms with Gasteiger partial charge in [0.15, 0.2) is 0 Å². The van der Waals surface area contributed by atoms with Gasteiger partial charge in [0.05, 0.1) is 12.8 Å². The molecular formula is C25H20FN7O. The summed E-state index contributed by atoms with van der Waals surface area (Å²) < 4.78 is 16.1. The number of benzene rings is 3. The van der Waals surface area contributed by atoms with Gasteiger partial charge in [0.2, 0.25) is 5.82 Å². The summed E-state index contributed by atoms with van der Waals surface area (Å²) >= 11 is 0. The number of fused-ring (bicyclic) bond motifs is 1. The van der Waals surface area contributed by atoms with E-state index in [-0.39, 0.29) is 18.3 Å². The third kappa shape index (κ3) is 4.58. The second kappa shape index (κ2) is 9.45. The Morgan fingerprint density at radius 3 is 2.62 bits per heavy atom. The molecule has 0 radical (unpaired) electrons. The predicted octanol–water partition coefficient (Wildman–Crippen LogP) is 3.63. The van der Waals surface area contributed by atoms with Gasteiger partial charge < -0.3 is 4.57 Å². The molecule has 3 aromatic carbocycles. The molecule has 1 amide bonds. The van der Waals surface area contributed by atoms with Crippen LogP contribution in [0.5, 0.6) is 0 Å². The van der Waals surface area contributed by atoms with Gasteiger partial charge in [-0.25, -0.2) is 9.82 Å². The van der Waals surface area contributed by atoms with E-state index in [1.165, 1.54) is 10.9 Å². The van der Waals surface area contributed by atoms with Gasteiger partial charge in [0.1, 0.15) is 12.4 Å². The van der Waals surface area contributed by atoms with Crippen LogP contribution in [0.4, 0.5) is 4.39 Å². The maximum Gasteiger partial charge on any atom is 0.263 e. The fraction of sp³-hybridized carbons (Fsp3) is 0.0800.